The molecule has 1 aromatic carbocycles. The van der Waals surface area contributed by atoms with Crippen LogP contribution in [-0.4, -0.2) is 26.6 Å². The molecule has 4 heteroatoms. The molecule has 0 bridgehead atoms. The van der Waals surface area contributed by atoms with Crippen LogP contribution in [0, 0.1) is 0 Å². The molecule has 0 aliphatic heterocycles. The molecule has 14 heavy (non-hydrogen) atoms. The predicted molar refractivity (Wildman–Crippen MR) is 54.8 cm³/mol. The van der Waals surface area contributed by atoms with Crippen molar-refractivity contribution in [2.45, 2.75) is 6.42 Å². The van der Waals surface area contributed by atoms with Crippen LogP contribution in [0.5, 0.6) is 0 Å². The monoisotopic (exact) mass is 187 g/mol. The highest BCUT2D eigenvalue weighted by molar-refractivity contribution is 6.32. The van der Waals surface area contributed by atoms with Crippen LogP contribution in [0.15, 0.2) is 24.3 Å². The van der Waals surface area contributed by atoms with Crippen LogP contribution in [0.3, 0.4) is 0 Å². The first-order chi connectivity index (χ1) is 6.74. The van der Waals surface area contributed by atoms with Gasteiger partial charge in [-0.25, -0.2) is 0 Å². The predicted octanol–water partition coefficient (Wildman–Crippen LogP) is -0.201. The molecule has 1 aromatic rings. The normalized spacial score (nSPS) is 9.43. The van der Waals surface area contributed by atoms with Gasteiger partial charge < -0.3 is 10.1 Å². The van der Waals surface area contributed by atoms with Crippen LogP contribution in [0.25, 0.3) is 0 Å². The molecule has 0 saturated heterocycles. The first-order valence-corrected chi connectivity index (χ1v) is 4.31. The van der Waals surface area contributed by atoms with Gasteiger partial charge >= 0.3 is 0 Å². The van der Waals surface area contributed by atoms with Crippen LogP contribution in [0.1, 0.15) is 16.8 Å². The van der Waals surface area contributed by atoms with Crippen molar-refractivity contribution in [3.8, 4) is 0 Å². The lowest BCUT2D eigenvalue weighted by Crippen LogP contribution is -2.24. The lowest BCUT2D eigenvalue weighted by molar-refractivity contribution is -0.107. The van der Waals surface area contributed by atoms with E-state index in [0.29, 0.717) is 24.0 Å². The summed E-state index contributed by atoms with van der Waals surface area (Å²) in [4.78, 5) is 21.4. The van der Waals surface area contributed by atoms with Crippen LogP contribution in [-0.2, 0) is 4.79 Å². The average Bonchev–Trinajstić information content (AvgIpc) is 2.19. The van der Waals surface area contributed by atoms with E-state index in [2.05, 4.69) is 5.32 Å². The van der Waals surface area contributed by atoms with E-state index >= 15 is 0 Å². The Morgan fingerprint density at radius 3 is 2.57 bits per heavy atom. The maximum Gasteiger partial charge on any atom is 0.251 e. The van der Waals surface area contributed by atoms with Gasteiger partial charge in [0.1, 0.15) is 14.1 Å². The molecule has 1 amide bonds. The Morgan fingerprint density at radius 2 is 2.00 bits per heavy atom. The van der Waals surface area contributed by atoms with E-state index < -0.39 is 0 Å². The molecule has 2 radical (unpaired) electrons. The van der Waals surface area contributed by atoms with Crippen LogP contribution >= 0.6 is 0 Å². The van der Waals surface area contributed by atoms with E-state index in [-0.39, 0.29) is 5.91 Å². The van der Waals surface area contributed by atoms with Gasteiger partial charge in [-0.05, 0) is 0 Å². The molecule has 0 aliphatic carbocycles. The highest BCUT2D eigenvalue weighted by Crippen LogP contribution is 1.95. The number of aldehydes is 1. The smallest absolute Gasteiger partial charge is 0.251 e. The van der Waals surface area contributed by atoms with Crippen molar-refractivity contribution in [2.24, 2.45) is 0 Å². The largest absolute Gasteiger partial charge is 0.352 e. The lowest BCUT2D eigenvalue weighted by atomic mass is 9.95. The van der Waals surface area contributed by atoms with E-state index in [4.69, 9.17) is 7.85 Å². The molecule has 0 atom stereocenters. The third-order valence-corrected chi connectivity index (χ3v) is 1.72. The number of hydrogen-bond donors (Lipinski definition) is 1. The second-order valence-corrected chi connectivity index (χ2v) is 2.83. The number of carbonyl (C=O) groups is 2. The van der Waals surface area contributed by atoms with Crippen LogP contribution in [0.4, 0.5) is 0 Å². The fraction of sp³-hybridized carbons (Fsp3) is 0.200. The number of hydrogen-bond acceptors (Lipinski definition) is 2. The third kappa shape index (κ3) is 3.05. The first-order valence-electron chi connectivity index (χ1n) is 4.31. The fourth-order valence-electron chi connectivity index (χ4n) is 0.981. The molecule has 3 nitrogen and oxygen atoms in total. The van der Waals surface area contributed by atoms with Crippen molar-refractivity contribution < 1.29 is 9.59 Å². The second kappa shape index (κ2) is 5.22. The maximum atomic E-state index is 11.4. The lowest BCUT2D eigenvalue weighted by Gasteiger charge is -2.02. The van der Waals surface area contributed by atoms with E-state index in [0.717, 1.165) is 6.29 Å². The Balaban J connectivity index is 2.52. The molecule has 0 aliphatic rings. The Kier molecular flexibility index (Phi) is 3.92. The molecular formula is C10H10BNO2. The van der Waals surface area contributed by atoms with Gasteiger partial charge in [-0.15, -0.1) is 0 Å². The topological polar surface area (TPSA) is 46.2 Å². The average molecular weight is 187 g/mol. The van der Waals surface area contributed by atoms with Gasteiger partial charge in [-0.3, -0.25) is 4.79 Å². The summed E-state index contributed by atoms with van der Waals surface area (Å²) >= 11 is 0. The second-order valence-electron chi connectivity index (χ2n) is 2.83. The van der Waals surface area contributed by atoms with Gasteiger partial charge in [-0.1, -0.05) is 29.7 Å². The van der Waals surface area contributed by atoms with Crippen molar-refractivity contribution in [1.82, 2.24) is 5.32 Å². The molecule has 0 spiro atoms. The number of rotatable bonds is 4. The number of carbonyl (C=O) groups excluding carboxylic acids is 2. The van der Waals surface area contributed by atoms with Gasteiger partial charge in [-0.2, -0.15) is 0 Å². The van der Waals surface area contributed by atoms with E-state index in [1.807, 2.05) is 0 Å². The summed E-state index contributed by atoms with van der Waals surface area (Å²) in [7, 11) is 5.47. The quantitative estimate of drug-likeness (QED) is 0.403. The Bertz CT molecular complexity index is 321. The van der Waals surface area contributed by atoms with Crippen molar-refractivity contribution in [1.29, 1.82) is 0 Å². The van der Waals surface area contributed by atoms with E-state index in [1.54, 1.807) is 24.3 Å². The highest BCUT2D eigenvalue weighted by atomic mass is 16.1. The molecule has 70 valence electrons. The highest BCUT2D eigenvalue weighted by Gasteiger charge is 2.02. The molecule has 0 aromatic heterocycles. The van der Waals surface area contributed by atoms with Crippen molar-refractivity contribution >= 4 is 25.5 Å². The van der Waals surface area contributed by atoms with Crippen LogP contribution < -0.4 is 10.8 Å². The Hall–Kier alpha value is -1.58. The molecule has 0 unspecified atom stereocenters. The molecule has 0 heterocycles. The molecule has 1 N–H and O–H groups in total. The van der Waals surface area contributed by atoms with Gasteiger partial charge in [0.15, 0.2) is 0 Å². The zero-order chi connectivity index (χ0) is 10.4. The summed E-state index contributed by atoms with van der Waals surface area (Å²) in [5.74, 6) is -0.188. The van der Waals surface area contributed by atoms with Crippen molar-refractivity contribution in [3.05, 3.63) is 29.8 Å². The Morgan fingerprint density at radius 1 is 1.36 bits per heavy atom. The molecule has 0 saturated carbocycles. The van der Waals surface area contributed by atoms with Gasteiger partial charge in [0.25, 0.3) is 5.91 Å². The Labute approximate surface area is 83.9 Å². The SMILES string of the molecule is [B]c1ccc(C(=O)NCCC=O)cc1. The number of amides is 1. The molecule has 1 rings (SSSR count). The van der Waals surface area contributed by atoms with Crippen molar-refractivity contribution in [3.63, 3.8) is 0 Å². The van der Waals surface area contributed by atoms with Crippen LogP contribution in [0.2, 0.25) is 0 Å². The number of nitrogens with one attached hydrogen (secondary N) is 1. The summed E-state index contributed by atoms with van der Waals surface area (Å²) in [6, 6.07) is 6.61. The zero-order valence-electron chi connectivity index (χ0n) is 7.69. The van der Waals surface area contributed by atoms with E-state index in [1.165, 1.54) is 0 Å². The molecular weight excluding hydrogens is 177 g/mol. The first kappa shape index (κ1) is 10.5. The standard InChI is InChI=1S/C10H10BNO2/c11-9-4-2-8(3-5-9)10(14)12-6-1-7-13/h2-5,7H,1,6H2,(H,12,14). The minimum atomic E-state index is -0.188. The fourth-order valence-corrected chi connectivity index (χ4v) is 0.981. The minimum Gasteiger partial charge on any atom is -0.352 e. The van der Waals surface area contributed by atoms with Gasteiger partial charge in [0.05, 0.1) is 0 Å². The summed E-state index contributed by atoms with van der Waals surface area (Å²) in [5.41, 5.74) is 1.17. The minimum absolute atomic E-state index is 0.188. The maximum absolute atomic E-state index is 11.4. The zero-order valence-corrected chi connectivity index (χ0v) is 7.69. The molecule has 0 fully saturated rings. The summed E-state index contributed by atoms with van der Waals surface area (Å²) in [6.45, 7) is 0.368. The van der Waals surface area contributed by atoms with Gasteiger partial charge in [0.2, 0.25) is 0 Å². The summed E-state index contributed by atoms with van der Waals surface area (Å²) in [5, 5.41) is 2.61. The summed E-state index contributed by atoms with van der Waals surface area (Å²) < 4.78 is 0. The van der Waals surface area contributed by atoms with Gasteiger partial charge in [0, 0.05) is 18.5 Å². The van der Waals surface area contributed by atoms with Crippen molar-refractivity contribution in [2.75, 3.05) is 6.54 Å². The number of benzene rings is 1. The summed E-state index contributed by atoms with van der Waals surface area (Å²) in [6.07, 6.45) is 1.10. The third-order valence-electron chi connectivity index (χ3n) is 1.72. The van der Waals surface area contributed by atoms with E-state index in [9.17, 15) is 9.59 Å².